The van der Waals surface area contributed by atoms with Gasteiger partial charge in [0.15, 0.2) is 15.7 Å². The molecule has 34 heavy (non-hydrogen) atoms. The van der Waals surface area contributed by atoms with Crippen molar-refractivity contribution in [3.8, 4) is 23.0 Å². The van der Waals surface area contributed by atoms with E-state index in [1.807, 2.05) is 18.2 Å². The molecule has 0 saturated carbocycles. The minimum Gasteiger partial charge on any atom is -0.457 e. The van der Waals surface area contributed by atoms with Crippen molar-refractivity contribution in [3.63, 3.8) is 0 Å². The number of H-pyrrole nitrogens is 1. The lowest BCUT2D eigenvalue weighted by atomic mass is 10.1. The maximum atomic E-state index is 12.5. The zero-order chi connectivity index (χ0) is 24.3. The first-order valence-electron chi connectivity index (χ1n) is 10.6. The van der Waals surface area contributed by atoms with Crippen LogP contribution in [0.25, 0.3) is 22.6 Å². The van der Waals surface area contributed by atoms with Crippen LogP contribution in [0.2, 0.25) is 0 Å². The fraction of sp³-hybridized carbons (Fsp3) is 0.208. The summed E-state index contributed by atoms with van der Waals surface area (Å²) in [4.78, 5) is 29.9. The number of likely N-dealkylation sites (N-methyl/N-ethyl adjacent to an activating group) is 1. The number of carbonyl (C=O) groups is 1. The number of hydrogen-bond acceptors (Lipinski definition) is 7. The number of fused-ring (bicyclic) bond motifs is 1. The summed E-state index contributed by atoms with van der Waals surface area (Å²) in [6.07, 6.45) is 1.71. The van der Waals surface area contributed by atoms with Crippen molar-refractivity contribution >= 4 is 26.8 Å². The average Bonchev–Trinajstić information content (AvgIpc) is 3.27. The summed E-state index contributed by atoms with van der Waals surface area (Å²) < 4.78 is 30.3. The van der Waals surface area contributed by atoms with Crippen molar-refractivity contribution in [1.29, 1.82) is 0 Å². The molecule has 0 aliphatic rings. The molecule has 0 fully saturated rings. The molecule has 0 atom stereocenters. The number of nitrogens with zero attached hydrogens (tertiary/aromatic N) is 3. The fourth-order valence-corrected chi connectivity index (χ4v) is 4.21. The maximum Gasteiger partial charge on any atom is 0.250 e. The Bertz CT molecular complexity index is 1420. The third kappa shape index (κ3) is 4.92. The molecule has 10 heteroatoms. The molecule has 9 nitrogen and oxygen atoms in total. The number of pyridine rings is 1. The molecule has 4 aromatic rings. The van der Waals surface area contributed by atoms with Crippen LogP contribution in [-0.4, -0.2) is 54.3 Å². The highest BCUT2D eigenvalue weighted by Gasteiger charge is 2.18. The standard InChI is InChI=1S/C24H24N4O5S/c1-4-34(30,31)18-10-8-17(9-11-18)33-22-15-21-20(13-16(22)14-23(29)28(2)32-3)26-24(27-21)19-7-5-6-12-25-19/h5-13,15H,4,14H2,1-3H3,(H,26,27). The SMILES string of the molecule is CCS(=O)(=O)c1ccc(Oc2cc3nc(-c4ccccn4)[nH]c3cc2CC(=O)N(C)OC)cc1. The zero-order valence-electron chi connectivity index (χ0n) is 19.0. The van der Waals surface area contributed by atoms with Gasteiger partial charge in [-0.1, -0.05) is 13.0 Å². The molecule has 1 N–H and O–H groups in total. The number of ether oxygens (including phenoxy) is 1. The molecule has 0 aliphatic heterocycles. The Morgan fingerprint density at radius 2 is 1.88 bits per heavy atom. The number of aromatic nitrogens is 3. The molecule has 1 amide bonds. The van der Waals surface area contributed by atoms with E-state index in [9.17, 15) is 13.2 Å². The predicted molar refractivity (Wildman–Crippen MR) is 127 cm³/mol. The Labute approximate surface area is 197 Å². The van der Waals surface area contributed by atoms with E-state index in [1.54, 1.807) is 37.4 Å². The van der Waals surface area contributed by atoms with Crippen LogP contribution in [0, 0.1) is 0 Å². The number of nitrogens with one attached hydrogen (secondary N) is 1. The van der Waals surface area contributed by atoms with Gasteiger partial charge in [0.05, 0.1) is 35.2 Å². The molecule has 4 rings (SSSR count). The molecular formula is C24H24N4O5S. The molecule has 0 spiro atoms. The topological polar surface area (TPSA) is 114 Å². The summed E-state index contributed by atoms with van der Waals surface area (Å²) in [6.45, 7) is 1.60. The Balaban J connectivity index is 1.73. The van der Waals surface area contributed by atoms with E-state index in [4.69, 9.17) is 9.57 Å². The van der Waals surface area contributed by atoms with Crippen molar-refractivity contribution < 1.29 is 22.8 Å². The second kappa shape index (κ2) is 9.62. The number of carbonyl (C=O) groups excluding carboxylic acids is 1. The van der Waals surface area contributed by atoms with E-state index in [0.717, 1.165) is 10.6 Å². The average molecular weight is 481 g/mol. The largest absolute Gasteiger partial charge is 0.457 e. The lowest BCUT2D eigenvalue weighted by Crippen LogP contribution is -2.27. The Hall–Kier alpha value is -3.76. The minimum atomic E-state index is -3.32. The first kappa shape index (κ1) is 23.4. The van der Waals surface area contributed by atoms with Gasteiger partial charge >= 0.3 is 0 Å². The zero-order valence-corrected chi connectivity index (χ0v) is 19.8. The minimum absolute atomic E-state index is 0.0148. The molecule has 176 valence electrons. The summed E-state index contributed by atoms with van der Waals surface area (Å²) in [7, 11) is -0.370. The summed E-state index contributed by atoms with van der Waals surface area (Å²) in [6, 6.07) is 15.3. The second-order valence-electron chi connectivity index (χ2n) is 7.50. The van der Waals surface area contributed by atoms with Crippen LogP contribution in [0.4, 0.5) is 0 Å². The highest BCUT2D eigenvalue weighted by molar-refractivity contribution is 7.91. The third-order valence-corrected chi connectivity index (χ3v) is 7.08. The van der Waals surface area contributed by atoms with Crippen molar-refractivity contribution in [2.75, 3.05) is 19.9 Å². The van der Waals surface area contributed by atoms with Crippen LogP contribution in [0.3, 0.4) is 0 Å². The predicted octanol–water partition coefficient (Wildman–Crippen LogP) is 3.77. The Morgan fingerprint density at radius 1 is 1.12 bits per heavy atom. The maximum absolute atomic E-state index is 12.5. The van der Waals surface area contributed by atoms with Gasteiger partial charge in [0.2, 0.25) is 5.91 Å². The van der Waals surface area contributed by atoms with E-state index < -0.39 is 9.84 Å². The molecule has 2 aromatic heterocycles. The lowest BCUT2D eigenvalue weighted by molar-refractivity contribution is -0.167. The normalized spacial score (nSPS) is 11.5. The highest BCUT2D eigenvalue weighted by Crippen LogP contribution is 2.32. The van der Waals surface area contributed by atoms with Crippen molar-refractivity contribution in [2.24, 2.45) is 0 Å². The number of hydrogen-bond donors (Lipinski definition) is 1. The number of sulfone groups is 1. The van der Waals surface area contributed by atoms with Crippen molar-refractivity contribution in [1.82, 2.24) is 20.0 Å². The summed E-state index contributed by atoms with van der Waals surface area (Å²) in [5.74, 6) is 1.20. The van der Waals surface area contributed by atoms with Gasteiger partial charge in [-0.25, -0.2) is 18.5 Å². The van der Waals surface area contributed by atoms with Gasteiger partial charge in [-0.15, -0.1) is 0 Å². The van der Waals surface area contributed by atoms with E-state index in [0.29, 0.717) is 34.1 Å². The molecule has 2 aromatic carbocycles. The quantitative estimate of drug-likeness (QED) is 0.382. The molecule has 0 radical (unpaired) electrons. The first-order valence-corrected chi connectivity index (χ1v) is 12.2. The Kier molecular flexibility index (Phi) is 6.62. The molecule has 0 bridgehead atoms. The molecule has 0 aliphatic carbocycles. The van der Waals surface area contributed by atoms with Gasteiger partial charge < -0.3 is 9.72 Å². The monoisotopic (exact) mass is 480 g/mol. The van der Waals surface area contributed by atoms with Gasteiger partial charge in [0.25, 0.3) is 0 Å². The number of imidazole rings is 1. The first-order chi connectivity index (χ1) is 16.3. The van der Waals surface area contributed by atoms with Crippen LogP contribution < -0.4 is 4.74 Å². The third-order valence-electron chi connectivity index (χ3n) is 5.33. The van der Waals surface area contributed by atoms with Gasteiger partial charge in [0, 0.05) is 24.9 Å². The van der Waals surface area contributed by atoms with Crippen LogP contribution in [-0.2, 0) is 25.9 Å². The number of rotatable bonds is 8. The highest BCUT2D eigenvalue weighted by atomic mass is 32.2. The number of benzene rings is 2. The van der Waals surface area contributed by atoms with Crippen LogP contribution in [0.1, 0.15) is 12.5 Å². The van der Waals surface area contributed by atoms with Crippen molar-refractivity contribution in [2.45, 2.75) is 18.2 Å². The summed E-state index contributed by atoms with van der Waals surface area (Å²) in [5.41, 5.74) is 2.66. The molecule has 2 heterocycles. The van der Waals surface area contributed by atoms with Gasteiger partial charge in [-0.05, 0) is 42.5 Å². The Morgan fingerprint density at radius 3 is 2.53 bits per heavy atom. The van der Waals surface area contributed by atoms with Crippen LogP contribution in [0.15, 0.2) is 65.7 Å². The molecule has 0 unspecified atom stereocenters. The summed E-state index contributed by atoms with van der Waals surface area (Å²) >= 11 is 0. The van der Waals surface area contributed by atoms with E-state index in [2.05, 4.69) is 15.0 Å². The smallest absolute Gasteiger partial charge is 0.250 e. The molecule has 0 saturated heterocycles. The van der Waals surface area contributed by atoms with Crippen LogP contribution in [0.5, 0.6) is 11.5 Å². The van der Waals surface area contributed by atoms with Gasteiger partial charge in [0.1, 0.15) is 17.2 Å². The summed E-state index contributed by atoms with van der Waals surface area (Å²) in [5, 5.41) is 1.14. The molecular weight excluding hydrogens is 456 g/mol. The number of aromatic amines is 1. The van der Waals surface area contributed by atoms with E-state index in [-0.39, 0.29) is 23.0 Å². The lowest BCUT2D eigenvalue weighted by Gasteiger charge is -2.16. The number of hydroxylamine groups is 2. The number of amides is 1. The fourth-order valence-electron chi connectivity index (χ4n) is 3.32. The van der Waals surface area contributed by atoms with Crippen molar-refractivity contribution in [3.05, 3.63) is 66.4 Å². The van der Waals surface area contributed by atoms with Gasteiger partial charge in [-0.2, -0.15) is 0 Å². The van der Waals surface area contributed by atoms with Gasteiger partial charge in [-0.3, -0.25) is 14.6 Å². The second-order valence-corrected chi connectivity index (χ2v) is 9.78. The van der Waals surface area contributed by atoms with Crippen LogP contribution >= 0.6 is 0 Å². The van der Waals surface area contributed by atoms with E-state index in [1.165, 1.54) is 26.3 Å². The van der Waals surface area contributed by atoms with E-state index >= 15 is 0 Å².